The van der Waals surface area contributed by atoms with E-state index in [1.54, 1.807) is 18.0 Å². The van der Waals surface area contributed by atoms with Crippen LogP contribution in [0.3, 0.4) is 0 Å². The van der Waals surface area contributed by atoms with E-state index >= 15 is 0 Å². The molecule has 0 spiro atoms. The highest BCUT2D eigenvalue weighted by atomic mass is 35.5. The highest BCUT2D eigenvalue weighted by molar-refractivity contribution is 6.42. The maximum atomic E-state index is 14.8. The van der Waals surface area contributed by atoms with Crippen LogP contribution in [0.4, 0.5) is 14.5 Å². The minimum atomic E-state index is -0.906. The van der Waals surface area contributed by atoms with Gasteiger partial charge in [-0.3, -0.25) is 4.79 Å². The second kappa shape index (κ2) is 7.17. The summed E-state index contributed by atoms with van der Waals surface area (Å²) in [5.74, 6) is -1.16. The zero-order valence-electron chi connectivity index (χ0n) is 15.2. The second-order valence-corrected chi connectivity index (χ2v) is 8.10. The van der Waals surface area contributed by atoms with Crippen molar-refractivity contribution in [3.8, 4) is 0 Å². The summed E-state index contributed by atoms with van der Waals surface area (Å²) < 4.78 is 29.5. The van der Waals surface area contributed by atoms with Gasteiger partial charge >= 0.3 is 0 Å². The number of rotatable bonds is 3. The van der Waals surface area contributed by atoms with E-state index in [-0.39, 0.29) is 21.5 Å². The molecule has 2 aliphatic heterocycles. The summed E-state index contributed by atoms with van der Waals surface area (Å²) in [6.45, 7) is 1.49. The van der Waals surface area contributed by atoms with Gasteiger partial charge < -0.3 is 15.5 Å². The number of amides is 1. The van der Waals surface area contributed by atoms with Crippen LogP contribution in [-0.2, 0) is 12.0 Å². The van der Waals surface area contributed by atoms with Gasteiger partial charge in [-0.05, 0) is 43.7 Å². The number of hydrogen-bond donors (Lipinski definition) is 2. The Labute approximate surface area is 171 Å². The Hall–Kier alpha value is -1.89. The molecule has 0 aromatic heterocycles. The quantitative estimate of drug-likeness (QED) is 0.724. The van der Waals surface area contributed by atoms with Crippen molar-refractivity contribution in [2.45, 2.75) is 18.4 Å². The molecule has 2 heterocycles. The molecule has 0 radical (unpaired) electrons. The predicted molar refractivity (Wildman–Crippen MR) is 106 cm³/mol. The van der Waals surface area contributed by atoms with Crippen LogP contribution in [0.1, 0.15) is 27.9 Å². The third-order valence-electron chi connectivity index (χ3n) is 5.53. The molecule has 2 aliphatic rings. The van der Waals surface area contributed by atoms with Crippen molar-refractivity contribution in [2.75, 3.05) is 32.0 Å². The molecule has 2 aromatic carbocycles. The second-order valence-electron chi connectivity index (χ2n) is 7.31. The monoisotopic (exact) mass is 425 g/mol. The van der Waals surface area contributed by atoms with Gasteiger partial charge in [0, 0.05) is 42.5 Å². The van der Waals surface area contributed by atoms with Crippen molar-refractivity contribution in [1.29, 1.82) is 0 Å². The van der Waals surface area contributed by atoms with Gasteiger partial charge in [0.05, 0.1) is 15.6 Å². The Morgan fingerprint density at radius 1 is 1.21 bits per heavy atom. The van der Waals surface area contributed by atoms with E-state index in [1.165, 1.54) is 18.2 Å². The van der Waals surface area contributed by atoms with E-state index in [0.717, 1.165) is 0 Å². The van der Waals surface area contributed by atoms with Crippen molar-refractivity contribution < 1.29 is 13.6 Å². The van der Waals surface area contributed by atoms with Crippen molar-refractivity contribution in [1.82, 2.24) is 10.2 Å². The van der Waals surface area contributed by atoms with Gasteiger partial charge in [-0.15, -0.1) is 0 Å². The molecule has 1 atom stereocenters. The van der Waals surface area contributed by atoms with Crippen LogP contribution in [-0.4, -0.2) is 37.5 Å². The van der Waals surface area contributed by atoms with E-state index < -0.39 is 17.2 Å². The zero-order chi connectivity index (χ0) is 20.1. The molecule has 1 unspecified atom stereocenters. The van der Waals surface area contributed by atoms with Crippen LogP contribution in [0.5, 0.6) is 0 Å². The van der Waals surface area contributed by atoms with E-state index in [2.05, 4.69) is 10.6 Å². The minimum Gasteiger partial charge on any atom is -0.374 e. The van der Waals surface area contributed by atoms with Gasteiger partial charge in [-0.1, -0.05) is 23.2 Å². The lowest BCUT2D eigenvalue weighted by molar-refractivity contribution is 0.0779. The summed E-state index contributed by atoms with van der Waals surface area (Å²) in [6, 6.07) is 5.67. The fourth-order valence-corrected chi connectivity index (χ4v) is 4.55. The Morgan fingerprint density at radius 3 is 2.71 bits per heavy atom. The molecule has 2 N–H and O–H groups in total. The van der Waals surface area contributed by atoms with Crippen LogP contribution < -0.4 is 10.6 Å². The van der Waals surface area contributed by atoms with Gasteiger partial charge in [0.15, 0.2) is 0 Å². The number of fused-ring (bicyclic) bond motifs is 1. The maximum Gasteiger partial charge on any atom is 0.254 e. The van der Waals surface area contributed by atoms with Crippen LogP contribution in [0.15, 0.2) is 24.3 Å². The molecular weight excluding hydrogens is 407 g/mol. The Bertz CT molecular complexity index is 961. The Balaban J connectivity index is 1.80. The highest BCUT2D eigenvalue weighted by Crippen LogP contribution is 2.41. The topological polar surface area (TPSA) is 44.4 Å². The van der Waals surface area contributed by atoms with Crippen molar-refractivity contribution in [3.63, 3.8) is 0 Å². The first-order valence-electron chi connectivity index (χ1n) is 9.03. The first kappa shape index (κ1) is 19.4. The molecular formula is C20H19Cl2F2N3O. The summed E-state index contributed by atoms with van der Waals surface area (Å²) in [6.07, 6.45) is 0.988. The molecule has 0 bridgehead atoms. The molecule has 4 rings (SSSR count). The maximum absolute atomic E-state index is 14.8. The number of halogens is 4. The van der Waals surface area contributed by atoms with Gasteiger partial charge in [0.25, 0.3) is 5.91 Å². The number of nitrogens with zero attached hydrogens (tertiary/aromatic N) is 1. The molecule has 2 aromatic rings. The molecule has 0 aliphatic carbocycles. The molecule has 1 amide bonds. The first-order valence-corrected chi connectivity index (χ1v) is 9.79. The SMILES string of the molecule is CN1CCc2c(F)cc(NC3(c4c(F)ccc(Cl)c4Cl)CCNC3)cc2C1=O. The number of anilines is 1. The Morgan fingerprint density at radius 2 is 2.00 bits per heavy atom. The van der Waals surface area contributed by atoms with E-state index in [4.69, 9.17) is 23.2 Å². The average Bonchev–Trinajstić information content (AvgIpc) is 3.11. The number of likely N-dealkylation sites (N-methyl/N-ethyl adjacent to an activating group) is 1. The van der Waals surface area contributed by atoms with Gasteiger partial charge in [-0.2, -0.15) is 0 Å². The molecule has 1 fully saturated rings. The van der Waals surface area contributed by atoms with Crippen molar-refractivity contribution in [2.24, 2.45) is 0 Å². The van der Waals surface area contributed by atoms with Crippen molar-refractivity contribution >= 4 is 34.8 Å². The molecule has 28 heavy (non-hydrogen) atoms. The third-order valence-corrected chi connectivity index (χ3v) is 6.34. The smallest absolute Gasteiger partial charge is 0.254 e. The number of hydrogen-bond acceptors (Lipinski definition) is 3. The first-order chi connectivity index (χ1) is 13.3. The third kappa shape index (κ3) is 3.13. The number of carbonyl (C=O) groups excluding carboxylic acids is 1. The fraction of sp³-hybridized carbons (Fsp3) is 0.350. The molecule has 1 saturated heterocycles. The van der Waals surface area contributed by atoms with E-state index in [1.807, 2.05) is 0 Å². The predicted octanol–water partition coefficient (Wildman–Crippen LogP) is 4.20. The van der Waals surface area contributed by atoms with Crippen molar-refractivity contribution in [3.05, 3.63) is 62.6 Å². The Kier molecular flexibility index (Phi) is 4.98. The molecule has 0 saturated carbocycles. The van der Waals surface area contributed by atoms with Gasteiger partial charge in [0.1, 0.15) is 11.6 Å². The van der Waals surface area contributed by atoms with E-state index in [9.17, 15) is 13.6 Å². The summed E-state index contributed by atoms with van der Waals surface area (Å²) in [7, 11) is 1.69. The zero-order valence-corrected chi connectivity index (χ0v) is 16.7. The lowest BCUT2D eigenvalue weighted by atomic mass is 9.87. The molecule has 4 nitrogen and oxygen atoms in total. The fourth-order valence-electron chi connectivity index (χ4n) is 4.06. The lowest BCUT2D eigenvalue weighted by Crippen LogP contribution is -2.39. The summed E-state index contributed by atoms with van der Waals surface area (Å²) in [4.78, 5) is 14.0. The van der Waals surface area contributed by atoms with Crippen LogP contribution in [0.2, 0.25) is 10.0 Å². The van der Waals surface area contributed by atoms with E-state index in [0.29, 0.717) is 49.3 Å². The largest absolute Gasteiger partial charge is 0.374 e. The standard InChI is InChI=1S/C20H19Cl2F2N3O/c1-27-7-4-12-13(19(27)28)8-11(9-16(12)24)26-20(5-6-25-10-20)17-15(23)3-2-14(21)18(17)22/h2-3,8-9,25-26H,4-7,10H2,1H3. The number of nitrogens with one attached hydrogen (secondary N) is 2. The van der Waals surface area contributed by atoms with Crippen LogP contribution in [0.25, 0.3) is 0 Å². The van der Waals surface area contributed by atoms with Gasteiger partial charge in [0.2, 0.25) is 0 Å². The van der Waals surface area contributed by atoms with Crippen LogP contribution in [0, 0.1) is 11.6 Å². The molecule has 148 valence electrons. The van der Waals surface area contributed by atoms with Gasteiger partial charge in [-0.25, -0.2) is 8.78 Å². The number of benzene rings is 2. The normalized spacial score (nSPS) is 21.8. The average molecular weight is 426 g/mol. The highest BCUT2D eigenvalue weighted by Gasteiger charge is 2.40. The van der Waals surface area contributed by atoms with Crippen LogP contribution >= 0.6 is 23.2 Å². The minimum absolute atomic E-state index is 0.132. The molecule has 8 heteroatoms. The number of carbonyl (C=O) groups is 1. The lowest BCUT2D eigenvalue weighted by Gasteiger charge is -2.34. The summed E-state index contributed by atoms with van der Waals surface area (Å²) in [5, 5.41) is 6.83. The summed E-state index contributed by atoms with van der Waals surface area (Å²) in [5.41, 5.74) is 0.484. The summed E-state index contributed by atoms with van der Waals surface area (Å²) >= 11 is 12.5.